The summed E-state index contributed by atoms with van der Waals surface area (Å²) >= 11 is 0. The van der Waals surface area contributed by atoms with Crippen molar-refractivity contribution in [2.45, 2.75) is 68.0 Å². The van der Waals surface area contributed by atoms with Crippen molar-refractivity contribution in [3.05, 3.63) is 48.1 Å². The van der Waals surface area contributed by atoms with Crippen LogP contribution in [0.1, 0.15) is 25.3 Å². The molecule has 10 atom stereocenters. The number of methoxy groups -OCH3 is 1. The molecule has 1 unspecified atom stereocenters. The van der Waals surface area contributed by atoms with Crippen molar-refractivity contribution in [2.24, 2.45) is 0 Å². The SMILES string of the molecule is C=CCCC(=O)N[C@@H](COC)C(=O)O[C@H]1[C@@H](O)[C@H](n2cnc3c(N)ncnc32)O[C@@H]1COP(=O)(O)O[C@H]1[C@@H](O)[C@H](n2ccc(N)nc2=O)O[C@@H]1COP(=O)(O)O. The first-order valence-corrected chi connectivity index (χ1v) is 19.4. The summed E-state index contributed by atoms with van der Waals surface area (Å²) in [5, 5.41) is 25.0. The van der Waals surface area contributed by atoms with E-state index in [0.717, 1.165) is 17.1 Å². The Bertz CT molecular complexity index is 2050. The average molecular weight is 836 g/mol. The number of nitrogens with zero attached hydrogens (tertiary/aromatic N) is 6. The quantitative estimate of drug-likeness (QED) is 0.0369. The number of rotatable bonds is 18. The van der Waals surface area contributed by atoms with Gasteiger partial charge in [-0.1, -0.05) is 6.08 Å². The number of ether oxygens (including phenoxy) is 4. The lowest BCUT2D eigenvalue weighted by molar-refractivity contribution is -0.161. The number of hydrogen-bond donors (Lipinski definition) is 8. The van der Waals surface area contributed by atoms with Crippen molar-refractivity contribution >= 4 is 50.3 Å². The van der Waals surface area contributed by atoms with Gasteiger partial charge < -0.3 is 60.6 Å². The van der Waals surface area contributed by atoms with Gasteiger partial charge in [-0.05, 0) is 12.5 Å². The van der Waals surface area contributed by atoms with Gasteiger partial charge >= 0.3 is 27.3 Å². The number of phosphoric ester groups is 2. The Balaban J connectivity index is 1.38. The van der Waals surface area contributed by atoms with Gasteiger partial charge in [0.15, 0.2) is 36.1 Å². The highest BCUT2D eigenvalue weighted by atomic mass is 31.2. The van der Waals surface area contributed by atoms with E-state index in [4.69, 9.17) is 39.5 Å². The summed E-state index contributed by atoms with van der Waals surface area (Å²) < 4.78 is 63.8. The number of carbonyl (C=O) groups is 2. The monoisotopic (exact) mass is 835 g/mol. The van der Waals surface area contributed by atoms with Gasteiger partial charge in [-0.25, -0.2) is 33.7 Å². The third-order valence-corrected chi connectivity index (χ3v) is 9.72. The second-order valence-electron chi connectivity index (χ2n) is 12.2. The standard InChI is InChI=1S/C28H39N9O17P2/c1-3-4-5-17(38)34-13(8-48-2)27(41)53-21-14(51-26(19(21)39)37-12-33-18-23(30)31-11-32-24(18)37)10-50-56(46,47)54-22-15(9-49-55(43,44)45)52-25(20(22)40)36-7-6-16(29)35-28(36)42/h3,6-7,11-15,19-22,25-26,39-40H,1,4-5,8-10H2,2H3,(H,34,38)(H,46,47)(H2,29,35,42)(H2,30,31,32)(H2,43,44,45)/t13-,14+,15+,19+,20+,21+,22+,25+,26+/m0/s1. The zero-order valence-electron chi connectivity index (χ0n) is 29.2. The molecule has 0 spiro atoms. The van der Waals surface area contributed by atoms with Crippen LogP contribution in [0.25, 0.3) is 11.2 Å². The molecule has 2 fully saturated rings. The molecule has 1 amide bonds. The summed E-state index contributed by atoms with van der Waals surface area (Å²) in [7, 11) is -9.29. The minimum atomic E-state index is -5.39. The number of anilines is 2. The zero-order valence-corrected chi connectivity index (χ0v) is 31.0. The van der Waals surface area contributed by atoms with E-state index >= 15 is 0 Å². The molecule has 0 aliphatic carbocycles. The zero-order chi connectivity index (χ0) is 40.9. The molecule has 308 valence electrons. The van der Waals surface area contributed by atoms with Crippen LogP contribution in [0, 0.1) is 0 Å². The topological polar surface area (TPSA) is 377 Å². The van der Waals surface area contributed by atoms with E-state index in [0.29, 0.717) is 6.42 Å². The van der Waals surface area contributed by atoms with Crippen LogP contribution in [0.4, 0.5) is 11.6 Å². The molecule has 5 rings (SSSR count). The molecule has 56 heavy (non-hydrogen) atoms. The molecule has 0 radical (unpaired) electrons. The van der Waals surface area contributed by atoms with Crippen LogP contribution >= 0.6 is 15.6 Å². The number of fused-ring (bicyclic) bond motifs is 1. The van der Waals surface area contributed by atoms with Gasteiger partial charge in [0, 0.05) is 19.7 Å². The summed E-state index contributed by atoms with van der Waals surface area (Å²) in [5.74, 6) is -1.85. The molecule has 3 aromatic rings. The first-order valence-electron chi connectivity index (χ1n) is 16.3. The number of nitrogens with two attached hydrogens (primary N) is 2. The van der Waals surface area contributed by atoms with Gasteiger partial charge in [-0.3, -0.25) is 27.5 Å². The van der Waals surface area contributed by atoms with Crippen LogP contribution in [0.15, 0.2) is 42.4 Å². The molecule has 0 bridgehead atoms. The minimum Gasteiger partial charge on any atom is -0.455 e. The lowest BCUT2D eigenvalue weighted by Gasteiger charge is -2.26. The maximum absolute atomic E-state index is 13.4. The first-order chi connectivity index (χ1) is 26.4. The van der Waals surface area contributed by atoms with Crippen molar-refractivity contribution in [3.8, 4) is 0 Å². The van der Waals surface area contributed by atoms with E-state index in [1.165, 1.54) is 30.1 Å². The molecule has 0 saturated carbocycles. The summed E-state index contributed by atoms with van der Waals surface area (Å²) in [6.45, 7) is 1.20. The smallest absolute Gasteiger partial charge is 0.455 e. The predicted octanol–water partition coefficient (Wildman–Crippen LogP) is -2.62. The van der Waals surface area contributed by atoms with Crippen molar-refractivity contribution in [2.75, 3.05) is 38.4 Å². The summed E-state index contributed by atoms with van der Waals surface area (Å²) in [6.07, 6.45) is -8.65. The lowest BCUT2D eigenvalue weighted by Crippen LogP contribution is -2.48. The Morgan fingerprint density at radius 3 is 2.36 bits per heavy atom. The Hall–Kier alpha value is -4.27. The maximum Gasteiger partial charge on any atom is 0.472 e. The van der Waals surface area contributed by atoms with Gasteiger partial charge in [0.1, 0.15) is 48.2 Å². The van der Waals surface area contributed by atoms with E-state index in [-0.39, 0.29) is 35.8 Å². The second kappa shape index (κ2) is 17.9. The molecular formula is C28H39N9O17P2. The molecule has 2 aliphatic rings. The maximum atomic E-state index is 13.4. The van der Waals surface area contributed by atoms with Gasteiger partial charge in [0.05, 0.1) is 26.1 Å². The van der Waals surface area contributed by atoms with Crippen LogP contribution in [0.3, 0.4) is 0 Å². The molecule has 26 nitrogen and oxygen atoms in total. The number of allylic oxidation sites excluding steroid dienone is 1. The van der Waals surface area contributed by atoms with Crippen molar-refractivity contribution in [1.82, 2.24) is 34.4 Å². The predicted molar refractivity (Wildman–Crippen MR) is 184 cm³/mol. The third kappa shape index (κ3) is 10.2. The van der Waals surface area contributed by atoms with E-state index < -0.39 is 102 Å². The van der Waals surface area contributed by atoms with Crippen LogP contribution in [0.2, 0.25) is 0 Å². The Labute approximate surface area is 315 Å². The van der Waals surface area contributed by atoms with Crippen molar-refractivity contribution < 1.29 is 76.1 Å². The number of imidazole rings is 1. The fourth-order valence-corrected chi connectivity index (χ4v) is 7.00. The van der Waals surface area contributed by atoms with E-state index in [2.05, 4.69) is 36.4 Å². The molecule has 2 aliphatic heterocycles. The molecule has 3 aromatic heterocycles. The molecule has 2 saturated heterocycles. The average Bonchev–Trinajstić information content (AvgIpc) is 3.78. The highest BCUT2D eigenvalue weighted by molar-refractivity contribution is 7.47. The molecule has 10 N–H and O–H groups in total. The number of aliphatic hydroxyl groups excluding tert-OH is 2. The highest BCUT2D eigenvalue weighted by Gasteiger charge is 2.52. The van der Waals surface area contributed by atoms with Gasteiger partial charge in [0.25, 0.3) is 0 Å². The van der Waals surface area contributed by atoms with Crippen LogP contribution in [-0.4, -0.2) is 135 Å². The fourth-order valence-electron chi connectivity index (χ4n) is 5.69. The van der Waals surface area contributed by atoms with E-state index in [1.54, 1.807) is 0 Å². The Morgan fingerprint density at radius 1 is 1.04 bits per heavy atom. The molecule has 0 aromatic carbocycles. The number of hydrogen-bond acceptors (Lipinski definition) is 20. The number of nitrogen functional groups attached to an aromatic ring is 2. The van der Waals surface area contributed by atoms with E-state index in [1.807, 2.05) is 0 Å². The van der Waals surface area contributed by atoms with Crippen LogP contribution in [0.5, 0.6) is 0 Å². The molecular weight excluding hydrogens is 796 g/mol. The highest BCUT2D eigenvalue weighted by Crippen LogP contribution is 2.50. The second-order valence-corrected chi connectivity index (χ2v) is 14.8. The number of nitrogens with one attached hydrogen (secondary N) is 1. The van der Waals surface area contributed by atoms with Gasteiger partial charge in [-0.15, -0.1) is 6.58 Å². The minimum absolute atomic E-state index is 0.0144. The van der Waals surface area contributed by atoms with Gasteiger partial charge in [-0.2, -0.15) is 4.98 Å². The Kier molecular flexibility index (Phi) is 13.7. The summed E-state index contributed by atoms with van der Waals surface area (Å²) in [6, 6.07) is -0.214. The van der Waals surface area contributed by atoms with Crippen molar-refractivity contribution in [3.63, 3.8) is 0 Å². The number of phosphoric acid groups is 2. The third-order valence-electron chi connectivity index (χ3n) is 8.25. The number of amides is 1. The summed E-state index contributed by atoms with van der Waals surface area (Å²) in [4.78, 5) is 83.2. The first kappa shape index (κ1) is 42.9. The lowest BCUT2D eigenvalue weighted by atomic mass is 10.1. The number of aromatic nitrogens is 6. The summed E-state index contributed by atoms with van der Waals surface area (Å²) in [5.41, 5.74) is 10.6. The normalized spacial score (nSPS) is 26.8. The number of esters is 1. The Morgan fingerprint density at radius 2 is 1.70 bits per heavy atom. The fraction of sp³-hybridized carbons (Fsp3) is 0.536. The molecule has 28 heteroatoms. The van der Waals surface area contributed by atoms with Crippen molar-refractivity contribution in [1.29, 1.82) is 0 Å². The number of aliphatic hydroxyl groups is 2. The number of carbonyl (C=O) groups excluding carboxylic acids is 2. The van der Waals surface area contributed by atoms with E-state index in [9.17, 15) is 48.4 Å². The van der Waals surface area contributed by atoms with Crippen LogP contribution in [-0.2, 0) is 51.2 Å². The van der Waals surface area contributed by atoms with Crippen LogP contribution < -0.4 is 22.5 Å². The largest absolute Gasteiger partial charge is 0.472 e. The van der Waals surface area contributed by atoms with Gasteiger partial charge in [0.2, 0.25) is 5.91 Å². The molecule has 5 heterocycles.